The number of halogens is 1. The first kappa shape index (κ1) is 28.2. The lowest BCUT2D eigenvalue weighted by molar-refractivity contribution is -0.113. The van der Waals surface area contributed by atoms with E-state index in [4.69, 9.17) is 26.8 Å². The summed E-state index contributed by atoms with van der Waals surface area (Å²) in [5, 5.41) is 12.4. The van der Waals surface area contributed by atoms with E-state index in [2.05, 4.69) is 22.1 Å². The number of hydrogen-bond donors (Lipinski definition) is 2. The van der Waals surface area contributed by atoms with Gasteiger partial charge in [-0.2, -0.15) is 0 Å². The molecule has 1 aromatic carbocycles. The van der Waals surface area contributed by atoms with E-state index in [9.17, 15) is 14.4 Å². The number of esters is 1. The number of thiophene rings is 1. The van der Waals surface area contributed by atoms with Crippen LogP contribution in [0.4, 0.5) is 5.00 Å². The minimum atomic E-state index is -0.696. The van der Waals surface area contributed by atoms with Crippen molar-refractivity contribution in [1.29, 1.82) is 0 Å². The smallest absolute Gasteiger partial charge is 0.341 e. The Bertz CT molecular complexity index is 1340. The number of aromatic nitrogens is 3. The summed E-state index contributed by atoms with van der Waals surface area (Å²) in [4.78, 5) is 36.8. The van der Waals surface area contributed by atoms with Gasteiger partial charge in [-0.15, -0.1) is 28.1 Å². The molecule has 0 aliphatic rings. The van der Waals surface area contributed by atoms with E-state index in [0.29, 0.717) is 33.9 Å². The first-order chi connectivity index (χ1) is 17.6. The number of rotatable bonds is 11. The first-order valence-electron chi connectivity index (χ1n) is 10.9. The third kappa shape index (κ3) is 6.51. The number of methoxy groups -OCH3 is 1. The van der Waals surface area contributed by atoms with E-state index in [1.165, 1.54) is 7.11 Å². The molecule has 0 radical (unpaired) electrons. The molecule has 0 saturated carbocycles. The minimum Gasteiger partial charge on any atom is -0.486 e. The molecule has 3 aromatic rings. The maximum atomic E-state index is 12.7. The normalized spacial score (nSPS) is 10.7. The molecular weight excluding hydrogens is 538 g/mol. The molecule has 0 aliphatic carbocycles. The molecule has 0 saturated heterocycles. The Morgan fingerprint density at radius 1 is 1.24 bits per heavy atom. The Balaban J connectivity index is 1.71. The van der Waals surface area contributed by atoms with E-state index in [0.717, 1.165) is 34.2 Å². The number of aryl methyl sites for hydroxylation is 2. The number of hydrogen-bond acceptors (Lipinski definition) is 9. The van der Waals surface area contributed by atoms with Crippen LogP contribution in [-0.2, 0) is 22.7 Å². The molecule has 3 N–H and O–H groups in total. The zero-order valence-electron chi connectivity index (χ0n) is 20.7. The van der Waals surface area contributed by atoms with Crippen LogP contribution in [0.25, 0.3) is 0 Å². The topological polar surface area (TPSA) is 138 Å². The summed E-state index contributed by atoms with van der Waals surface area (Å²) in [5.41, 5.74) is 7.66. The SMILES string of the molecule is C=CCn1c(COc2cc(C)c(Cl)c(C)c2)nnc1SCC(=O)Nc1sc(C(N)=O)c(C)c1C(=O)OC. The van der Waals surface area contributed by atoms with Crippen molar-refractivity contribution in [2.24, 2.45) is 5.73 Å². The second-order valence-corrected chi connectivity index (χ2v) is 10.3. The average molecular weight is 564 g/mol. The van der Waals surface area contributed by atoms with E-state index >= 15 is 0 Å². The van der Waals surface area contributed by atoms with Gasteiger partial charge in [0, 0.05) is 11.6 Å². The van der Waals surface area contributed by atoms with Crippen molar-refractivity contribution < 1.29 is 23.9 Å². The minimum absolute atomic E-state index is 0.0326. The molecule has 0 spiro atoms. The third-order valence-corrected chi connectivity index (χ3v) is 8.01. The Hall–Kier alpha value is -3.35. The van der Waals surface area contributed by atoms with Crippen LogP contribution in [0, 0.1) is 20.8 Å². The Kier molecular flexibility index (Phi) is 9.35. The van der Waals surface area contributed by atoms with Gasteiger partial charge in [0.05, 0.1) is 23.3 Å². The lowest BCUT2D eigenvalue weighted by Gasteiger charge is -2.11. The van der Waals surface area contributed by atoms with Crippen LogP contribution in [0.15, 0.2) is 29.9 Å². The van der Waals surface area contributed by atoms with Crippen molar-refractivity contribution >= 4 is 57.5 Å². The second-order valence-electron chi connectivity index (χ2n) is 7.91. The van der Waals surface area contributed by atoms with E-state index in [-0.39, 0.29) is 27.8 Å². The molecule has 2 heterocycles. The largest absolute Gasteiger partial charge is 0.486 e. The first-order valence-corrected chi connectivity index (χ1v) is 13.1. The lowest BCUT2D eigenvalue weighted by Crippen LogP contribution is -2.16. The molecule has 2 aromatic heterocycles. The van der Waals surface area contributed by atoms with Crippen LogP contribution in [0.5, 0.6) is 5.75 Å². The Labute approximate surface area is 227 Å². The van der Waals surface area contributed by atoms with Crippen molar-refractivity contribution in [2.45, 2.75) is 39.1 Å². The zero-order valence-corrected chi connectivity index (χ0v) is 23.1. The number of primary amides is 1. The number of ether oxygens (including phenoxy) is 2. The molecular formula is C24H26ClN5O5S2. The zero-order chi connectivity index (χ0) is 27.3. The summed E-state index contributed by atoms with van der Waals surface area (Å²) < 4.78 is 12.5. The van der Waals surface area contributed by atoms with E-state index < -0.39 is 17.8 Å². The van der Waals surface area contributed by atoms with Gasteiger partial charge in [0.2, 0.25) is 5.91 Å². The highest BCUT2D eigenvalue weighted by Gasteiger charge is 2.25. The molecule has 0 bridgehead atoms. The van der Waals surface area contributed by atoms with Gasteiger partial charge in [-0.05, 0) is 49.6 Å². The van der Waals surface area contributed by atoms with Gasteiger partial charge < -0.3 is 20.5 Å². The van der Waals surface area contributed by atoms with Crippen molar-refractivity contribution in [1.82, 2.24) is 14.8 Å². The van der Waals surface area contributed by atoms with Gasteiger partial charge in [-0.1, -0.05) is 29.4 Å². The number of nitrogens with zero attached hydrogens (tertiary/aromatic N) is 3. The van der Waals surface area contributed by atoms with Crippen LogP contribution in [0.3, 0.4) is 0 Å². The van der Waals surface area contributed by atoms with Crippen molar-refractivity contribution in [2.75, 3.05) is 18.2 Å². The number of amides is 2. The number of nitrogens with one attached hydrogen (secondary N) is 1. The molecule has 2 amide bonds. The quantitative estimate of drug-likeness (QED) is 0.200. The van der Waals surface area contributed by atoms with Gasteiger partial charge in [0.1, 0.15) is 17.4 Å². The standard InChI is InChI=1S/C24H26ClN5O5S2/c1-6-7-30-16(10-35-15-8-12(2)19(25)13(3)9-15)28-29-24(30)36-11-17(31)27-22-18(23(33)34-5)14(4)20(37-22)21(26)32/h6,8-9H,1,7,10-11H2,2-5H3,(H2,26,32)(H,27,31). The Morgan fingerprint density at radius 2 is 1.92 bits per heavy atom. The second kappa shape index (κ2) is 12.3. The maximum Gasteiger partial charge on any atom is 0.341 e. The van der Waals surface area contributed by atoms with Gasteiger partial charge in [0.15, 0.2) is 11.0 Å². The molecule has 0 aliphatic heterocycles. The van der Waals surface area contributed by atoms with Crippen LogP contribution in [0.1, 0.15) is 42.5 Å². The summed E-state index contributed by atoms with van der Waals surface area (Å²) in [5.74, 6) is -0.602. The highest BCUT2D eigenvalue weighted by atomic mass is 35.5. The number of benzene rings is 1. The number of thioether (sulfide) groups is 1. The van der Waals surface area contributed by atoms with E-state index in [1.807, 2.05) is 26.0 Å². The van der Waals surface area contributed by atoms with Gasteiger partial charge in [0.25, 0.3) is 5.91 Å². The molecule has 196 valence electrons. The number of allylic oxidation sites excluding steroid dienone is 1. The number of nitrogens with two attached hydrogens (primary N) is 1. The predicted molar refractivity (Wildman–Crippen MR) is 144 cm³/mol. The summed E-state index contributed by atoms with van der Waals surface area (Å²) in [6.07, 6.45) is 1.69. The van der Waals surface area contributed by atoms with E-state index in [1.54, 1.807) is 17.6 Å². The highest BCUT2D eigenvalue weighted by molar-refractivity contribution is 7.99. The fourth-order valence-electron chi connectivity index (χ4n) is 3.46. The summed E-state index contributed by atoms with van der Waals surface area (Å²) >= 11 is 8.31. The van der Waals surface area contributed by atoms with Crippen molar-refractivity contribution in [3.8, 4) is 5.75 Å². The molecule has 3 rings (SSSR count). The summed E-state index contributed by atoms with van der Waals surface area (Å²) in [6.45, 7) is 9.72. The fourth-order valence-corrected chi connectivity index (χ4v) is 5.40. The van der Waals surface area contributed by atoms with Crippen LogP contribution in [-0.4, -0.2) is 45.4 Å². The van der Waals surface area contributed by atoms with Crippen LogP contribution >= 0.6 is 34.7 Å². The average Bonchev–Trinajstić information content (AvgIpc) is 3.39. The van der Waals surface area contributed by atoms with Gasteiger partial charge in [-0.25, -0.2) is 4.79 Å². The predicted octanol–water partition coefficient (Wildman–Crippen LogP) is 4.30. The molecule has 0 unspecified atom stereocenters. The third-order valence-electron chi connectivity index (χ3n) is 5.23. The lowest BCUT2D eigenvalue weighted by atomic mass is 10.1. The summed E-state index contributed by atoms with van der Waals surface area (Å²) in [6, 6.07) is 3.70. The van der Waals surface area contributed by atoms with Crippen LogP contribution < -0.4 is 15.8 Å². The fraction of sp³-hybridized carbons (Fsp3) is 0.292. The molecule has 10 nitrogen and oxygen atoms in total. The maximum absolute atomic E-state index is 12.7. The molecule has 0 atom stereocenters. The number of anilines is 1. The van der Waals surface area contributed by atoms with Crippen LogP contribution in [0.2, 0.25) is 5.02 Å². The molecule has 0 fully saturated rings. The Morgan fingerprint density at radius 3 is 2.51 bits per heavy atom. The van der Waals surface area contributed by atoms with Crippen molar-refractivity contribution in [3.05, 3.63) is 62.8 Å². The number of carbonyl (C=O) groups is 3. The molecule has 37 heavy (non-hydrogen) atoms. The van der Waals surface area contributed by atoms with Gasteiger partial charge >= 0.3 is 5.97 Å². The number of carbonyl (C=O) groups excluding carboxylic acids is 3. The van der Waals surface area contributed by atoms with Gasteiger partial charge in [-0.3, -0.25) is 14.2 Å². The highest BCUT2D eigenvalue weighted by Crippen LogP contribution is 2.34. The molecule has 13 heteroatoms. The monoisotopic (exact) mass is 563 g/mol. The van der Waals surface area contributed by atoms with Crippen molar-refractivity contribution in [3.63, 3.8) is 0 Å². The summed E-state index contributed by atoms with van der Waals surface area (Å²) in [7, 11) is 1.22.